The molecule has 2 amide bonds. The number of nitrogens with zero attached hydrogens (tertiary/aromatic N) is 1. The number of aryl methyl sites for hydroxylation is 1. The van der Waals surface area contributed by atoms with Crippen molar-refractivity contribution in [3.63, 3.8) is 0 Å². The lowest BCUT2D eigenvalue weighted by atomic mass is 10.1. The molecule has 3 aromatic carbocycles. The monoisotopic (exact) mass is 537 g/mol. The number of carbonyl (C=O) groups is 2. The molecule has 0 aliphatic heterocycles. The van der Waals surface area contributed by atoms with Gasteiger partial charge in [-0.25, -0.2) is 5.43 Å². The molecule has 35 heavy (non-hydrogen) atoms. The Bertz CT molecular complexity index is 1180. The molecular weight excluding hydrogens is 510 g/mol. The molecule has 2 N–H and O–H groups in total. The summed E-state index contributed by atoms with van der Waals surface area (Å²) in [6.07, 6.45) is 1.92. The zero-order valence-electron chi connectivity index (χ0n) is 19.7. The summed E-state index contributed by atoms with van der Waals surface area (Å²) in [6, 6.07) is 20.9. The van der Waals surface area contributed by atoms with Crippen LogP contribution in [-0.2, 0) is 22.6 Å². The Morgan fingerprint density at radius 1 is 0.971 bits per heavy atom. The van der Waals surface area contributed by atoms with E-state index in [0.717, 1.165) is 17.5 Å². The van der Waals surface area contributed by atoms with Gasteiger partial charge in [-0.1, -0.05) is 55.5 Å². The molecule has 0 unspecified atom stereocenters. The molecule has 0 spiro atoms. The van der Waals surface area contributed by atoms with Gasteiger partial charge in [0.15, 0.2) is 11.5 Å². The smallest absolute Gasteiger partial charge is 0.249 e. The molecule has 0 aromatic heterocycles. The van der Waals surface area contributed by atoms with Crippen molar-refractivity contribution in [1.29, 1.82) is 0 Å². The summed E-state index contributed by atoms with van der Waals surface area (Å²) < 4.78 is 12.4. The van der Waals surface area contributed by atoms with Crippen molar-refractivity contribution < 1.29 is 19.1 Å². The predicted molar refractivity (Wildman–Crippen MR) is 141 cm³/mol. The summed E-state index contributed by atoms with van der Waals surface area (Å²) in [4.78, 5) is 24.4. The fourth-order valence-corrected chi connectivity index (χ4v) is 3.88. The van der Waals surface area contributed by atoms with E-state index in [-0.39, 0.29) is 6.42 Å². The number of benzene rings is 3. The minimum absolute atomic E-state index is 0.338. The molecule has 0 bridgehead atoms. The SMILES string of the molecule is CCOc1cc(C=NNC(=O)CC(=O)Nc2ccccc2CC)cc(Br)c1OCc1ccccc1. The van der Waals surface area contributed by atoms with Crippen LogP contribution in [0.1, 0.15) is 37.0 Å². The van der Waals surface area contributed by atoms with E-state index in [1.807, 2.05) is 74.5 Å². The second kappa shape index (κ2) is 13.3. The summed E-state index contributed by atoms with van der Waals surface area (Å²) in [6.45, 7) is 4.75. The molecule has 8 heteroatoms. The Hall–Kier alpha value is -3.65. The number of hydrazone groups is 1. The molecule has 3 rings (SSSR count). The molecule has 0 heterocycles. The van der Waals surface area contributed by atoms with Crippen LogP contribution in [0.2, 0.25) is 0 Å². The Morgan fingerprint density at radius 2 is 1.71 bits per heavy atom. The highest BCUT2D eigenvalue weighted by Crippen LogP contribution is 2.37. The van der Waals surface area contributed by atoms with Crippen molar-refractivity contribution >= 4 is 39.6 Å². The Balaban J connectivity index is 1.59. The number of ether oxygens (including phenoxy) is 2. The zero-order valence-corrected chi connectivity index (χ0v) is 21.3. The van der Waals surface area contributed by atoms with Crippen molar-refractivity contribution in [2.24, 2.45) is 5.10 Å². The first-order valence-electron chi connectivity index (χ1n) is 11.3. The third-order valence-corrected chi connectivity index (χ3v) is 5.54. The highest BCUT2D eigenvalue weighted by molar-refractivity contribution is 9.10. The molecule has 0 saturated heterocycles. The van der Waals surface area contributed by atoms with Crippen molar-refractivity contribution in [1.82, 2.24) is 5.43 Å². The summed E-state index contributed by atoms with van der Waals surface area (Å²) in [5.74, 6) is 0.222. The van der Waals surface area contributed by atoms with Gasteiger partial charge in [-0.2, -0.15) is 5.10 Å². The molecule has 0 aliphatic rings. The van der Waals surface area contributed by atoms with Crippen LogP contribution in [0.15, 0.2) is 76.3 Å². The van der Waals surface area contributed by atoms with Gasteiger partial charge in [0.25, 0.3) is 0 Å². The standard InChI is InChI=1S/C27H28BrN3O4/c1-3-21-12-8-9-13-23(21)30-25(32)16-26(33)31-29-17-20-14-22(28)27(24(15-20)34-4-2)35-18-19-10-6-5-7-11-19/h5-15,17H,3-4,16,18H2,1-2H3,(H,30,32)(H,31,33). The average molecular weight is 538 g/mol. The van der Waals surface area contributed by atoms with Gasteiger partial charge >= 0.3 is 0 Å². The van der Waals surface area contributed by atoms with Gasteiger partial charge in [0.1, 0.15) is 13.0 Å². The van der Waals surface area contributed by atoms with Crippen molar-refractivity contribution in [2.75, 3.05) is 11.9 Å². The molecule has 0 fully saturated rings. The largest absolute Gasteiger partial charge is 0.490 e. The van der Waals surface area contributed by atoms with E-state index in [4.69, 9.17) is 9.47 Å². The lowest BCUT2D eigenvalue weighted by Gasteiger charge is -2.14. The van der Waals surface area contributed by atoms with Gasteiger partial charge in [-0.3, -0.25) is 9.59 Å². The lowest BCUT2D eigenvalue weighted by molar-refractivity contribution is -0.126. The van der Waals surface area contributed by atoms with Crippen LogP contribution in [0.4, 0.5) is 5.69 Å². The molecule has 3 aromatic rings. The maximum absolute atomic E-state index is 12.2. The van der Waals surface area contributed by atoms with Crippen LogP contribution in [0, 0.1) is 0 Å². The average Bonchev–Trinajstić information content (AvgIpc) is 2.84. The molecule has 182 valence electrons. The number of para-hydroxylation sites is 1. The van der Waals surface area contributed by atoms with E-state index < -0.39 is 11.8 Å². The first-order valence-corrected chi connectivity index (χ1v) is 12.1. The maximum atomic E-state index is 12.2. The summed E-state index contributed by atoms with van der Waals surface area (Å²) in [7, 11) is 0. The summed E-state index contributed by atoms with van der Waals surface area (Å²) in [5, 5.41) is 6.75. The molecule has 0 atom stereocenters. The quantitative estimate of drug-likeness (QED) is 0.193. The first-order chi connectivity index (χ1) is 17.0. The van der Waals surface area contributed by atoms with E-state index >= 15 is 0 Å². The number of anilines is 1. The highest BCUT2D eigenvalue weighted by atomic mass is 79.9. The van der Waals surface area contributed by atoms with Gasteiger partial charge in [0.05, 0.1) is 17.3 Å². The Labute approximate surface area is 213 Å². The van der Waals surface area contributed by atoms with Crippen molar-refractivity contribution in [3.05, 3.63) is 87.9 Å². The van der Waals surface area contributed by atoms with Gasteiger partial charge in [-0.05, 0) is 64.2 Å². The number of hydrogen-bond donors (Lipinski definition) is 2. The Kier molecular flexibility index (Phi) is 9.86. The molecule has 0 radical (unpaired) electrons. The van der Waals surface area contributed by atoms with E-state index in [2.05, 4.69) is 31.8 Å². The number of rotatable bonds is 11. The van der Waals surface area contributed by atoms with Crippen molar-refractivity contribution in [3.8, 4) is 11.5 Å². The van der Waals surface area contributed by atoms with Crippen LogP contribution in [0.25, 0.3) is 0 Å². The molecular formula is C27H28BrN3O4. The summed E-state index contributed by atoms with van der Waals surface area (Å²) >= 11 is 3.53. The maximum Gasteiger partial charge on any atom is 0.249 e. The van der Waals surface area contributed by atoms with Gasteiger partial charge in [-0.15, -0.1) is 0 Å². The van der Waals surface area contributed by atoms with Gasteiger partial charge in [0, 0.05) is 5.69 Å². The number of carbonyl (C=O) groups excluding carboxylic acids is 2. The highest BCUT2D eigenvalue weighted by Gasteiger charge is 2.13. The third-order valence-electron chi connectivity index (χ3n) is 4.95. The molecule has 0 saturated carbocycles. The van der Waals surface area contributed by atoms with E-state index in [1.54, 1.807) is 6.07 Å². The van der Waals surface area contributed by atoms with Crippen LogP contribution >= 0.6 is 15.9 Å². The topological polar surface area (TPSA) is 89.0 Å². The van der Waals surface area contributed by atoms with Gasteiger partial charge in [0.2, 0.25) is 11.8 Å². The predicted octanol–water partition coefficient (Wildman–Crippen LogP) is 5.47. The van der Waals surface area contributed by atoms with Crippen molar-refractivity contribution in [2.45, 2.75) is 33.3 Å². The molecule has 0 aliphatic carbocycles. The molecule has 7 nitrogen and oxygen atoms in total. The summed E-state index contributed by atoms with van der Waals surface area (Å²) in [5.41, 5.74) is 5.83. The minimum atomic E-state index is -0.514. The fourth-order valence-electron chi connectivity index (χ4n) is 3.30. The van der Waals surface area contributed by atoms with Crippen LogP contribution in [0.5, 0.6) is 11.5 Å². The second-order valence-corrected chi connectivity index (χ2v) is 8.42. The number of halogens is 1. The Morgan fingerprint density at radius 3 is 2.46 bits per heavy atom. The lowest BCUT2D eigenvalue weighted by Crippen LogP contribution is -2.25. The van der Waals surface area contributed by atoms with Gasteiger partial charge < -0.3 is 14.8 Å². The number of amides is 2. The minimum Gasteiger partial charge on any atom is -0.490 e. The van der Waals surface area contributed by atoms with Crippen LogP contribution in [-0.4, -0.2) is 24.6 Å². The normalized spacial score (nSPS) is 10.7. The van der Waals surface area contributed by atoms with E-state index in [9.17, 15) is 9.59 Å². The second-order valence-electron chi connectivity index (χ2n) is 7.57. The van der Waals surface area contributed by atoms with Crippen LogP contribution in [0.3, 0.4) is 0 Å². The van der Waals surface area contributed by atoms with E-state index in [1.165, 1.54) is 6.21 Å². The van der Waals surface area contributed by atoms with E-state index in [0.29, 0.717) is 40.4 Å². The fraction of sp³-hybridized carbons (Fsp3) is 0.222. The van der Waals surface area contributed by atoms with Crippen LogP contribution < -0.4 is 20.2 Å². The number of nitrogens with one attached hydrogen (secondary N) is 2. The first kappa shape index (κ1) is 26.0. The number of hydrogen-bond acceptors (Lipinski definition) is 5. The zero-order chi connectivity index (χ0) is 25.0. The third kappa shape index (κ3) is 7.96.